The molecular weight excluding hydrogens is 528 g/mol. The Hall–Kier alpha value is -4.19. The topological polar surface area (TPSA) is 122 Å². The van der Waals surface area contributed by atoms with Crippen LogP contribution in [0.1, 0.15) is 30.1 Å². The molecule has 3 heterocycles. The number of aromatic nitrogens is 1. The number of carboxylic acids is 1. The van der Waals surface area contributed by atoms with Crippen molar-refractivity contribution in [2.75, 3.05) is 42.6 Å². The lowest BCUT2D eigenvalue weighted by atomic mass is 9.97. The van der Waals surface area contributed by atoms with Gasteiger partial charge >= 0.3 is 12.1 Å². The summed E-state index contributed by atoms with van der Waals surface area (Å²) in [6, 6.07) is 6.90. The van der Waals surface area contributed by atoms with Crippen molar-refractivity contribution in [3.8, 4) is 5.75 Å². The summed E-state index contributed by atoms with van der Waals surface area (Å²) in [7, 11) is 0. The van der Waals surface area contributed by atoms with E-state index in [1.165, 1.54) is 23.2 Å². The van der Waals surface area contributed by atoms with E-state index in [4.69, 9.17) is 9.47 Å². The number of nitrogens with zero attached hydrogens (tertiary/aromatic N) is 3. The minimum Gasteiger partial charge on any atom is -0.490 e. The zero-order valence-electron chi connectivity index (χ0n) is 21.8. The molecule has 10 nitrogen and oxygen atoms in total. The molecule has 2 aromatic carbocycles. The van der Waals surface area contributed by atoms with E-state index < -0.39 is 40.8 Å². The van der Waals surface area contributed by atoms with Crippen LogP contribution in [0.25, 0.3) is 10.9 Å². The Bertz CT molecular complexity index is 1520. The number of aliphatic hydroxyl groups excluding tert-OH is 1. The minimum atomic E-state index is -1.36. The molecule has 12 heteroatoms. The van der Waals surface area contributed by atoms with Crippen LogP contribution >= 0.6 is 0 Å². The van der Waals surface area contributed by atoms with Gasteiger partial charge in [0, 0.05) is 37.3 Å². The highest BCUT2D eigenvalue weighted by Crippen LogP contribution is 2.31. The number of hydrogen-bond acceptors (Lipinski definition) is 7. The number of carbonyl (C=O) groups is 2. The van der Waals surface area contributed by atoms with Crippen LogP contribution in [0.2, 0.25) is 0 Å². The molecule has 0 spiro atoms. The Labute approximate surface area is 227 Å². The number of piperidine rings is 1. The molecule has 2 N–H and O–H groups in total. The number of rotatable bonds is 8. The number of amides is 1. The number of benzene rings is 2. The van der Waals surface area contributed by atoms with Crippen LogP contribution < -0.4 is 20.0 Å². The molecule has 1 amide bonds. The molecular formula is C28H29F2N3O7. The molecule has 0 saturated carbocycles. The molecule has 5 rings (SSSR count). The number of cyclic esters (lactones) is 1. The maximum Gasteiger partial charge on any atom is 0.414 e. The zero-order valence-corrected chi connectivity index (χ0v) is 21.8. The third-order valence-corrected chi connectivity index (χ3v) is 7.45. The minimum absolute atomic E-state index is 0.0224. The van der Waals surface area contributed by atoms with Crippen LogP contribution in [0, 0.1) is 17.6 Å². The van der Waals surface area contributed by atoms with Crippen molar-refractivity contribution in [3.05, 3.63) is 63.9 Å². The maximum absolute atomic E-state index is 15.1. The lowest BCUT2D eigenvalue weighted by Gasteiger charge is -2.34. The highest BCUT2D eigenvalue weighted by atomic mass is 19.1. The van der Waals surface area contributed by atoms with Crippen LogP contribution in [0.4, 0.5) is 25.0 Å². The summed E-state index contributed by atoms with van der Waals surface area (Å²) in [4.78, 5) is 39.1. The molecule has 2 fully saturated rings. The third kappa shape index (κ3) is 5.18. The van der Waals surface area contributed by atoms with Crippen LogP contribution in [0.15, 0.2) is 41.3 Å². The lowest BCUT2D eigenvalue weighted by molar-refractivity contribution is 0.0694. The van der Waals surface area contributed by atoms with Crippen molar-refractivity contribution < 1.29 is 38.1 Å². The summed E-state index contributed by atoms with van der Waals surface area (Å²) in [5.74, 6) is -2.42. The molecule has 0 unspecified atom stereocenters. The molecule has 1 aromatic heterocycles. The monoisotopic (exact) mass is 557 g/mol. The van der Waals surface area contributed by atoms with Gasteiger partial charge in [-0.1, -0.05) is 0 Å². The number of aromatic carboxylic acids is 1. The highest BCUT2D eigenvalue weighted by Gasteiger charge is 2.32. The van der Waals surface area contributed by atoms with Crippen molar-refractivity contribution in [2.24, 2.45) is 5.92 Å². The van der Waals surface area contributed by atoms with Gasteiger partial charge in [0.2, 0.25) is 5.43 Å². The summed E-state index contributed by atoms with van der Waals surface area (Å²) >= 11 is 0. The van der Waals surface area contributed by atoms with E-state index in [9.17, 15) is 29.0 Å². The summed E-state index contributed by atoms with van der Waals surface area (Å²) in [5, 5.41) is 18.5. The second-order valence-corrected chi connectivity index (χ2v) is 9.94. The Kier molecular flexibility index (Phi) is 7.61. The van der Waals surface area contributed by atoms with Gasteiger partial charge in [-0.15, -0.1) is 0 Å². The van der Waals surface area contributed by atoms with E-state index >= 15 is 4.39 Å². The van der Waals surface area contributed by atoms with E-state index in [1.807, 2.05) is 11.8 Å². The van der Waals surface area contributed by atoms with Gasteiger partial charge in [-0.3, -0.25) is 9.69 Å². The summed E-state index contributed by atoms with van der Waals surface area (Å²) < 4.78 is 42.2. The van der Waals surface area contributed by atoms with Gasteiger partial charge in [0.05, 0.1) is 36.6 Å². The lowest BCUT2D eigenvalue weighted by Crippen LogP contribution is -2.36. The standard InChI is InChI=1S/C28H29F2N3O7/c1-2-31-13-20(27(36)37)26(35)19-10-21(29)24(11-23(19)31)32-7-5-16(6-8-32)15-39-25-4-3-17(9-22(25)30)33-12-18(14-34)40-28(33)38/h3-4,9-11,13,16,18,34H,2,5-8,12,14-15H2,1H3,(H,36,37)/t18-/m1/s1. The molecule has 0 aliphatic carbocycles. The van der Waals surface area contributed by atoms with E-state index in [2.05, 4.69) is 0 Å². The highest BCUT2D eigenvalue weighted by molar-refractivity contribution is 5.93. The first kappa shape index (κ1) is 27.4. The fourth-order valence-corrected chi connectivity index (χ4v) is 5.21. The van der Waals surface area contributed by atoms with Crippen LogP contribution in [0.5, 0.6) is 5.75 Å². The van der Waals surface area contributed by atoms with Gasteiger partial charge in [-0.25, -0.2) is 18.4 Å². The van der Waals surface area contributed by atoms with Gasteiger partial charge in [0.1, 0.15) is 17.5 Å². The summed E-state index contributed by atoms with van der Waals surface area (Å²) in [5.41, 5.74) is -0.00984. The first-order chi connectivity index (χ1) is 19.2. The maximum atomic E-state index is 15.1. The summed E-state index contributed by atoms with van der Waals surface area (Å²) in [6.45, 7) is 3.33. The second-order valence-electron chi connectivity index (χ2n) is 9.94. The number of halogens is 2. The van der Waals surface area contributed by atoms with Crippen molar-refractivity contribution in [3.63, 3.8) is 0 Å². The van der Waals surface area contributed by atoms with Crippen molar-refractivity contribution >= 4 is 34.3 Å². The van der Waals surface area contributed by atoms with Gasteiger partial charge in [0.15, 0.2) is 11.6 Å². The Morgan fingerprint density at radius 1 is 1.12 bits per heavy atom. The smallest absolute Gasteiger partial charge is 0.414 e. The predicted molar refractivity (Wildman–Crippen MR) is 142 cm³/mol. The molecule has 2 aliphatic heterocycles. The number of pyridine rings is 1. The molecule has 212 valence electrons. The number of ether oxygens (including phenoxy) is 2. The Morgan fingerprint density at radius 3 is 2.50 bits per heavy atom. The quantitative estimate of drug-likeness (QED) is 0.431. The number of aryl methyl sites for hydroxylation is 1. The molecule has 3 aromatic rings. The number of aliphatic hydroxyl groups is 1. The Morgan fingerprint density at radius 2 is 1.88 bits per heavy atom. The average molecular weight is 558 g/mol. The first-order valence-electron chi connectivity index (χ1n) is 13.1. The van der Waals surface area contributed by atoms with Crippen molar-refractivity contribution in [2.45, 2.75) is 32.4 Å². The fourth-order valence-electron chi connectivity index (χ4n) is 5.21. The number of carbonyl (C=O) groups excluding carboxylic acids is 1. The van der Waals surface area contributed by atoms with E-state index in [-0.39, 0.29) is 36.8 Å². The number of carboxylic acid groups (broad SMARTS) is 1. The largest absolute Gasteiger partial charge is 0.490 e. The van der Waals surface area contributed by atoms with Gasteiger partial charge in [-0.2, -0.15) is 0 Å². The number of fused-ring (bicyclic) bond motifs is 1. The normalized spacial score (nSPS) is 17.9. The van der Waals surface area contributed by atoms with Crippen molar-refractivity contribution in [1.29, 1.82) is 0 Å². The predicted octanol–water partition coefficient (Wildman–Crippen LogP) is 3.61. The summed E-state index contributed by atoms with van der Waals surface area (Å²) in [6.07, 6.45) is 1.31. The van der Waals surface area contributed by atoms with Crippen LogP contribution in [0.3, 0.4) is 0 Å². The number of hydrogen-bond donors (Lipinski definition) is 2. The van der Waals surface area contributed by atoms with E-state index in [0.29, 0.717) is 49.4 Å². The SMILES string of the molecule is CCn1cc(C(=O)O)c(=O)c2cc(F)c(N3CCC(COc4ccc(N5C[C@H](CO)OC5=O)cc4F)CC3)cc21. The molecule has 1 atom stereocenters. The van der Waals surface area contributed by atoms with Crippen molar-refractivity contribution in [1.82, 2.24) is 4.57 Å². The number of anilines is 2. The fraction of sp³-hybridized carbons (Fsp3) is 0.393. The third-order valence-electron chi connectivity index (χ3n) is 7.45. The average Bonchev–Trinajstić information content (AvgIpc) is 3.33. The van der Waals surface area contributed by atoms with Gasteiger partial charge in [0.25, 0.3) is 0 Å². The zero-order chi connectivity index (χ0) is 28.6. The Balaban J connectivity index is 1.23. The van der Waals surface area contributed by atoms with Gasteiger partial charge in [-0.05, 0) is 49.9 Å². The van der Waals surface area contributed by atoms with E-state index in [1.54, 1.807) is 16.7 Å². The first-order valence-corrected chi connectivity index (χ1v) is 13.1. The van der Waals surface area contributed by atoms with Crippen LogP contribution in [-0.2, 0) is 11.3 Å². The second kappa shape index (κ2) is 11.1. The van der Waals surface area contributed by atoms with E-state index in [0.717, 1.165) is 6.07 Å². The molecule has 40 heavy (non-hydrogen) atoms. The van der Waals surface area contributed by atoms with Gasteiger partial charge < -0.3 is 29.2 Å². The van der Waals surface area contributed by atoms with Crippen LogP contribution in [-0.4, -0.2) is 65.8 Å². The molecule has 0 radical (unpaired) electrons. The molecule has 2 aliphatic rings. The molecule has 0 bridgehead atoms. The molecule has 2 saturated heterocycles.